The van der Waals surface area contributed by atoms with Crippen LogP contribution in [0.25, 0.3) is 0 Å². The summed E-state index contributed by atoms with van der Waals surface area (Å²) in [6.07, 6.45) is 5.73. The highest BCUT2D eigenvalue weighted by molar-refractivity contribution is 5.92. The molecule has 158 valence electrons. The highest BCUT2D eigenvalue weighted by atomic mass is 16.5. The van der Waals surface area contributed by atoms with Gasteiger partial charge >= 0.3 is 0 Å². The molecule has 1 spiro atoms. The van der Waals surface area contributed by atoms with E-state index in [1.54, 1.807) is 4.68 Å². The number of nitrogens with one attached hydrogen (secondary N) is 2. The largest absolute Gasteiger partial charge is 0.372 e. The number of H-pyrrole nitrogens is 1. The maximum atomic E-state index is 12.5. The second-order valence-corrected chi connectivity index (χ2v) is 8.36. The quantitative estimate of drug-likeness (QED) is 0.779. The van der Waals surface area contributed by atoms with E-state index in [-0.39, 0.29) is 11.5 Å². The van der Waals surface area contributed by atoms with Crippen molar-refractivity contribution in [1.82, 2.24) is 29.5 Å². The van der Waals surface area contributed by atoms with Gasteiger partial charge in [0, 0.05) is 57.9 Å². The van der Waals surface area contributed by atoms with Gasteiger partial charge in [-0.25, -0.2) is 4.98 Å². The van der Waals surface area contributed by atoms with Crippen LogP contribution in [0, 0.1) is 13.8 Å². The first kappa shape index (κ1) is 20.1. The highest BCUT2D eigenvalue weighted by Crippen LogP contribution is 2.30. The van der Waals surface area contributed by atoms with Crippen LogP contribution in [0.4, 0.5) is 5.69 Å². The number of aryl methyl sites for hydroxylation is 3. The summed E-state index contributed by atoms with van der Waals surface area (Å²) in [4.78, 5) is 24.8. The number of aromatic nitrogens is 4. The molecule has 2 aliphatic rings. The Morgan fingerprint density at radius 3 is 2.72 bits per heavy atom. The molecule has 2 aromatic heterocycles. The fourth-order valence-electron chi connectivity index (χ4n) is 4.39. The zero-order valence-electron chi connectivity index (χ0n) is 17.6. The number of nitrogens with zero attached hydrogens (tertiary/aromatic N) is 5. The SMILES string of the molecule is Cc1ncc(CN2CCC3(CC2)CN(CC(=O)Nc2cn(C)nc2C)CCO3)[nH]1. The smallest absolute Gasteiger partial charge is 0.238 e. The van der Waals surface area contributed by atoms with Gasteiger partial charge in [0.2, 0.25) is 5.91 Å². The average molecular weight is 402 g/mol. The second kappa shape index (κ2) is 8.25. The van der Waals surface area contributed by atoms with E-state index in [1.807, 2.05) is 33.3 Å². The molecule has 9 heteroatoms. The van der Waals surface area contributed by atoms with Gasteiger partial charge in [-0.1, -0.05) is 0 Å². The molecule has 4 rings (SSSR count). The summed E-state index contributed by atoms with van der Waals surface area (Å²) in [5, 5.41) is 7.26. The number of ether oxygens (including phenoxy) is 1. The molecule has 1 amide bonds. The second-order valence-electron chi connectivity index (χ2n) is 8.36. The van der Waals surface area contributed by atoms with Crippen molar-refractivity contribution in [2.75, 3.05) is 44.6 Å². The molecular weight excluding hydrogens is 370 g/mol. The van der Waals surface area contributed by atoms with E-state index in [2.05, 4.69) is 30.2 Å². The molecule has 2 fully saturated rings. The lowest BCUT2D eigenvalue weighted by molar-refractivity contribution is -0.141. The number of rotatable bonds is 5. The first-order valence-electron chi connectivity index (χ1n) is 10.3. The Bertz CT molecular complexity index is 851. The average Bonchev–Trinajstić information content (AvgIpc) is 3.21. The van der Waals surface area contributed by atoms with Crippen molar-refractivity contribution < 1.29 is 9.53 Å². The molecule has 0 radical (unpaired) electrons. The minimum absolute atomic E-state index is 0.00482. The van der Waals surface area contributed by atoms with Gasteiger partial charge in [0.1, 0.15) is 5.82 Å². The van der Waals surface area contributed by atoms with Crippen LogP contribution in [-0.4, -0.2) is 80.4 Å². The third-order valence-electron chi connectivity index (χ3n) is 5.90. The topological polar surface area (TPSA) is 91.3 Å². The van der Waals surface area contributed by atoms with Crippen molar-refractivity contribution >= 4 is 11.6 Å². The molecule has 0 bridgehead atoms. The third-order valence-corrected chi connectivity index (χ3v) is 5.90. The van der Waals surface area contributed by atoms with Crippen LogP contribution in [0.2, 0.25) is 0 Å². The fraction of sp³-hybridized carbons (Fsp3) is 0.650. The van der Waals surface area contributed by atoms with Crippen molar-refractivity contribution in [2.45, 2.75) is 38.8 Å². The number of imidazole rings is 1. The number of morpholine rings is 1. The molecule has 2 aromatic rings. The van der Waals surface area contributed by atoms with Crippen molar-refractivity contribution in [3.05, 3.63) is 29.6 Å². The van der Waals surface area contributed by atoms with Crippen LogP contribution in [0.15, 0.2) is 12.4 Å². The Hall–Kier alpha value is -2.23. The van der Waals surface area contributed by atoms with Crippen molar-refractivity contribution in [2.24, 2.45) is 7.05 Å². The lowest BCUT2D eigenvalue weighted by Gasteiger charge is -2.47. The molecule has 0 unspecified atom stereocenters. The van der Waals surface area contributed by atoms with E-state index < -0.39 is 0 Å². The van der Waals surface area contributed by atoms with Crippen LogP contribution in [0.3, 0.4) is 0 Å². The lowest BCUT2D eigenvalue weighted by Crippen LogP contribution is -2.57. The van der Waals surface area contributed by atoms with Crippen molar-refractivity contribution in [1.29, 1.82) is 0 Å². The van der Waals surface area contributed by atoms with Gasteiger partial charge in [-0.15, -0.1) is 0 Å². The monoisotopic (exact) mass is 401 g/mol. The fourth-order valence-corrected chi connectivity index (χ4v) is 4.39. The van der Waals surface area contributed by atoms with Gasteiger partial charge in [-0.05, 0) is 26.7 Å². The Labute approximate surface area is 171 Å². The van der Waals surface area contributed by atoms with Crippen LogP contribution in [0.1, 0.15) is 30.1 Å². The first-order valence-corrected chi connectivity index (χ1v) is 10.3. The molecule has 0 aliphatic carbocycles. The van der Waals surface area contributed by atoms with Crippen LogP contribution < -0.4 is 5.32 Å². The summed E-state index contributed by atoms with van der Waals surface area (Å²) < 4.78 is 7.94. The standard InChI is InChI=1S/C20H31N7O2/c1-15-18(12-25(3)24-15)23-19(28)13-27-8-9-29-20(14-27)4-6-26(7-5-20)11-17-10-21-16(2)22-17/h10,12H,4-9,11,13-14H2,1-3H3,(H,21,22)(H,23,28). The van der Waals surface area contributed by atoms with Crippen LogP contribution >= 0.6 is 0 Å². The van der Waals surface area contributed by atoms with Gasteiger partial charge in [-0.2, -0.15) is 5.10 Å². The molecule has 2 aliphatic heterocycles. The molecule has 4 heterocycles. The van der Waals surface area contributed by atoms with Gasteiger partial charge in [0.25, 0.3) is 0 Å². The van der Waals surface area contributed by atoms with Crippen LogP contribution in [0.5, 0.6) is 0 Å². The van der Waals surface area contributed by atoms with Crippen molar-refractivity contribution in [3.63, 3.8) is 0 Å². The number of carbonyl (C=O) groups excluding carboxylic acids is 1. The molecule has 2 N–H and O–H groups in total. The Balaban J connectivity index is 1.28. The Kier molecular flexibility index (Phi) is 5.71. The number of hydrogen-bond donors (Lipinski definition) is 2. The van der Waals surface area contributed by atoms with E-state index in [4.69, 9.17) is 4.74 Å². The van der Waals surface area contributed by atoms with E-state index in [1.165, 1.54) is 0 Å². The number of aromatic amines is 1. The minimum atomic E-state index is -0.136. The molecule has 0 atom stereocenters. The van der Waals surface area contributed by atoms with E-state index >= 15 is 0 Å². The van der Waals surface area contributed by atoms with Crippen molar-refractivity contribution in [3.8, 4) is 0 Å². The van der Waals surface area contributed by atoms with E-state index in [0.29, 0.717) is 13.2 Å². The molecule has 2 saturated heterocycles. The van der Waals surface area contributed by atoms with Gasteiger partial charge < -0.3 is 15.0 Å². The number of likely N-dealkylation sites (tertiary alicyclic amines) is 1. The van der Waals surface area contributed by atoms with Gasteiger partial charge in [0.05, 0.1) is 30.1 Å². The van der Waals surface area contributed by atoms with Gasteiger partial charge in [-0.3, -0.25) is 19.3 Å². The van der Waals surface area contributed by atoms with E-state index in [0.717, 1.165) is 68.5 Å². The number of piperidine rings is 1. The summed E-state index contributed by atoms with van der Waals surface area (Å²) in [6.45, 7) is 9.42. The molecular formula is C20H31N7O2. The molecule has 9 nitrogen and oxygen atoms in total. The Morgan fingerprint density at radius 2 is 2.07 bits per heavy atom. The molecule has 0 saturated carbocycles. The summed E-state index contributed by atoms with van der Waals surface area (Å²) in [5.41, 5.74) is 2.64. The number of anilines is 1. The zero-order chi connectivity index (χ0) is 20.4. The maximum absolute atomic E-state index is 12.5. The maximum Gasteiger partial charge on any atom is 0.238 e. The zero-order valence-corrected chi connectivity index (χ0v) is 17.6. The summed E-state index contributed by atoms with van der Waals surface area (Å²) in [6, 6.07) is 0. The summed E-state index contributed by atoms with van der Waals surface area (Å²) in [5.74, 6) is 0.963. The van der Waals surface area contributed by atoms with E-state index in [9.17, 15) is 4.79 Å². The number of hydrogen-bond acceptors (Lipinski definition) is 6. The minimum Gasteiger partial charge on any atom is -0.372 e. The van der Waals surface area contributed by atoms with Gasteiger partial charge in [0.15, 0.2) is 0 Å². The Morgan fingerprint density at radius 1 is 1.28 bits per heavy atom. The van der Waals surface area contributed by atoms with Crippen LogP contribution in [-0.2, 0) is 23.1 Å². The normalized spacial score (nSPS) is 20.2. The third kappa shape index (κ3) is 4.85. The molecule has 0 aromatic carbocycles. The molecule has 29 heavy (non-hydrogen) atoms. The summed E-state index contributed by atoms with van der Waals surface area (Å²) >= 11 is 0. The predicted molar refractivity (Wildman–Crippen MR) is 110 cm³/mol. The highest BCUT2D eigenvalue weighted by Gasteiger charge is 2.40. The first-order chi connectivity index (χ1) is 13.9. The number of amides is 1. The summed E-state index contributed by atoms with van der Waals surface area (Å²) in [7, 11) is 1.86. The predicted octanol–water partition coefficient (Wildman–Crippen LogP) is 1.07. The lowest BCUT2D eigenvalue weighted by atomic mass is 9.89. The number of carbonyl (C=O) groups is 1.